The third-order valence-electron chi connectivity index (χ3n) is 2.95. The lowest BCUT2D eigenvalue weighted by Crippen LogP contribution is -2.28. The Kier molecular flexibility index (Phi) is 4.11. The van der Waals surface area contributed by atoms with Gasteiger partial charge in [0.1, 0.15) is 10.6 Å². The van der Waals surface area contributed by atoms with Gasteiger partial charge in [-0.25, -0.2) is 8.42 Å². The second-order valence-electron chi connectivity index (χ2n) is 5.68. The Balaban J connectivity index is 3.44. The summed E-state index contributed by atoms with van der Waals surface area (Å²) in [4.78, 5) is 0.266. The maximum atomic E-state index is 12.4. The Hall–Kier alpha value is -1.03. The van der Waals surface area contributed by atoms with Crippen molar-refractivity contribution in [2.75, 3.05) is 7.11 Å². The SMILES string of the molecule is COc1cc(C(C)C)ccc1S(=O)(=O)C(C)(C)C. The van der Waals surface area contributed by atoms with E-state index in [0.717, 1.165) is 5.56 Å². The van der Waals surface area contributed by atoms with E-state index in [1.807, 2.05) is 12.1 Å². The monoisotopic (exact) mass is 270 g/mol. The molecule has 0 fully saturated rings. The molecular weight excluding hydrogens is 248 g/mol. The quantitative estimate of drug-likeness (QED) is 0.845. The minimum absolute atomic E-state index is 0.266. The summed E-state index contributed by atoms with van der Waals surface area (Å²) >= 11 is 0. The molecule has 0 spiro atoms. The van der Waals surface area contributed by atoms with E-state index in [-0.39, 0.29) is 4.90 Å². The Labute approximate surface area is 110 Å². The maximum Gasteiger partial charge on any atom is 0.186 e. The molecule has 1 rings (SSSR count). The van der Waals surface area contributed by atoms with Crippen LogP contribution in [0.15, 0.2) is 23.1 Å². The van der Waals surface area contributed by atoms with Crippen LogP contribution < -0.4 is 4.74 Å². The molecule has 3 nitrogen and oxygen atoms in total. The van der Waals surface area contributed by atoms with Gasteiger partial charge in [-0.3, -0.25) is 0 Å². The molecule has 0 heterocycles. The maximum absolute atomic E-state index is 12.4. The average molecular weight is 270 g/mol. The molecule has 0 aromatic heterocycles. The van der Waals surface area contributed by atoms with Crippen LogP contribution in [0.4, 0.5) is 0 Å². The summed E-state index contributed by atoms with van der Waals surface area (Å²) in [6, 6.07) is 5.31. The van der Waals surface area contributed by atoms with Crippen molar-refractivity contribution >= 4 is 9.84 Å². The lowest BCUT2D eigenvalue weighted by atomic mass is 10.0. The zero-order chi connectivity index (χ0) is 14.1. The highest BCUT2D eigenvalue weighted by Gasteiger charge is 2.33. The Morgan fingerprint density at radius 1 is 1.17 bits per heavy atom. The molecule has 18 heavy (non-hydrogen) atoms. The van der Waals surface area contributed by atoms with Crippen molar-refractivity contribution in [2.24, 2.45) is 0 Å². The minimum atomic E-state index is -3.39. The normalized spacial score (nSPS) is 12.8. The van der Waals surface area contributed by atoms with Crippen LogP contribution >= 0.6 is 0 Å². The van der Waals surface area contributed by atoms with Crippen LogP contribution in [0.2, 0.25) is 0 Å². The van der Waals surface area contributed by atoms with Gasteiger partial charge < -0.3 is 4.74 Å². The van der Waals surface area contributed by atoms with Gasteiger partial charge >= 0.3 is 0 Å². The van der Waals surface area contributed by atoms with Crippen LogP contribution in [0.3, 0.4) is 0 Å². The second-order valence-corrected chi connectivity index (χ2v) is 8.35. The zero-order valence-electron chi connectivity index (χ0n) is 11.9. The molecule has 0 aliphatic carbocycles. The molecule has 0 atom stereocenters. The van der Waals surface area contributed by atoms with Crippen LogP contribution in [-0.2, 0) is 9.84 Å². The van der Waals surface area contributed by atoms with Crippen LogP contribution in [0.25, 0.3) is 0 Å². The summed E-state index contributed by atoms with van der Waals surface area (Å²) in [6.07, 6.45) is 0. The van der Waals surface area contributed by atoms with Crippen LogP contribution in [0.1, 0.15) is 46.1 Å². The lowest BCUT2D eigenvalue weighted by molar-refractivity contribution is 0.401. The summed E-state index contributed by atoms with van der Waals surface area (Å²) in [5.74, 6) is 0.765. The summed E-state index contributed by atoms with van der Waals surface area (Å²) in [5.41, 5.74) is 1.07. The summed E-state index contributed by atoms with van der Waals surface area (Å²) in [6.45, 7) is 9.20. The largest absolute Gasteiger partial charge is 0.495 e. The van der Waals surface area contributed by atoms with E-state index in [0.29, 0.717) is 11.7 Å². The van der Waals surface area contributed by atoms with Crippen molar-refractivity contribution in [1.82, 2.24) is 0 Å². The number of hydrogen-bond acceptors (Lipinski definition) is 3. The van der Waals surface area contributed by atoms with Crippen LogP contribution in [0.5, 0.6) is 5.75 Å². The summed E-state index contributed by atoms with van der Waals surface area (Å²) in [7, 11) is -1.89. The van der Waals surface area contributed by atoms with Crippen molar-refractivity contribution in [3.05, 3.63) is 23.8 Å². The molecule has 0 aliphatic heterocycles. The second kappa shape index (κ2) is 4.92. The number of ether oxygens (including phenoxy) is 1. The smallest absolute Gasteiger partial charge is 0.186 e. The van der Waals surface area contributed by atoms with Crippen molar-refractivity contribution in [2.45, 2.75) is 50.2 Å². The molecule has 4 heteroatoms. The fraction of sp³-hybridized carbons (Fsp3) is 0.571. The fourth-order valence-electron chi connectivity index (χ4n) is 1.60. The van der Waals surface area contributed by atoms with Gasteiger partial charge in [-0.05, 0) is 44.4 Å². The number of hydrogen-bond donors (Lipinski definition) is 0. The molecular formula is C14H22O3S. The van der Waals surface area contributed by atoms with Gasteiger partial charge in [0.25, 0.3) is 0 Å². The summed E-state index contributed by atoms with van der Waals surface area (Å²) in [5, 5.41) is 0. The molecule has 0 amide bonds. The van der Waals surface area contributed by atoms with Gasteiger partial charge in [-0.1, -0.05) is 19.9 Å². The number of methoxy groups -OCH3 is 1. The average Bonchev–Trinajstić information content (AvgIpc) is 2.26. The first-order valence-electron chi connectivity index (χ1n) is 6.04. The number of benzene rings is 1. The van der Waals surface area contributed by atoms with Gasteiger partial charge in [0.2, 0.25) is 0 Å². The van der Waals surface area contributed by atoms with Gasteiger partial charge in [0.15, 0.2) is 9.84 Å². The van der Waals surface area contributed by atoms with Crippen molar-refractivity contribution in [3.63, 3.8) is 0 Å². The minimum Gasteiger partial charge on any atom is -0.495 e. The van der Waals surface area contributed by atoms with Gasteiger partial charge in [-0.2, -0.15) is 0 Å². The third kappa shape index (κ3) is 2.69. The molecule has 0 aliphatic rings. The zero-order valence-corrected chi connectivity index (χ0v) is 12.8. The van der Waals surface area contributed by atoms with E-state index < -0.39 is 14.6 Å². The molecule has 102 valence electrons. The van der Waals surface area contributed by atoms with Crippen molar-refractivity contribution in [3.8, 4) is 5.75 Å². The standard InChI is InChI=1S/C14H22O3S/c1-10(2)11-7-8-13(12(9-11)17-6)18(15,16)14(3,4)5/h7-10H,1-6H3. The van der Waals surface area contributed by atoms with E-state index in [4.69, 9.17) is 4.74 Å². The third-order valence-corrected chi connectivity index (χ3v) is 5.48. The topological polar surface area (TPSA) is 43.4 Å². The summed E-state index contributed by atoms with van der Waals surface area (Å²) < 4.78 is 29.3. The highest BCUT2D eigenvalue weighted by atomic mass is 32.2. The fourth-order valence-corrected chi connectivity index (χ4v) is 2.91. The first-order valence-corrected chi connectivity index (χ1v) is 7.52. The predicted octanol–water partition coefficient (Wildman–Crippen LogP) is 3.39. The lowest BCUT2D eigenvalue weighted by Gasteiger charge is -2.21. The first kappa shape index (κ1) is 15.0. The molecule has 0 N–H and O–H groups in total. The Morgan fingerprint density at radius 2 is 1.72 bits per heavy atom. The van der Waals surface area contributed by atoms with Gasteiger partial charge in [0, 0.05) is 0 Å². The van der Waals surface area contributed by atoms with Gasteiger partial charge in [-0.15, -0.1) is 0 Å². The highest BCUT2D eigenvalue weighted by Crippen LogP contribution is 2.33. The number of rotatable bonds is 3. The molecule has 1 aromatic carbocycles. The van der Waals surface area contributed by atoms with E-state index >= 15 is 0 Å². The Morgan fingerprint density at radius 3 is 2.11 bits per heavy atom. The Bertz CT molecular complexity index is 522. The van der Waals surface area contributed by atoms with E-state index in [1.165, 1.54) is 7.11 Å². The van der Waals surface area contributed by atoms with Gasteiger partial charge in [0.05, 0.1) is 11.9 Å². The number of sulfone groups is 1. The molecule has 0 unspecified atom stereocenters. The van der Waals surface area contributed by atoms with Crippen LogP contribution in [-0.4, -0.2) is 20.3 Å². The first-order chi connectivity index (χ1) is 8.11. The van der Waals surface area contributed by atoms with Crippen molar-refractivity contribution < 1.29 is 13.2 Å². The molecule has 1 aromatic rings. The van der Waals surface area contributed by atoms with E-state index in [2.05, 4.69) is 13.8 Å². The molecule has 0 radical (unpaired) electrons. The predicted molar refractivity (Wildman–Crippen MR) is 74.0 cm³/mol. The molecule has 0 saturated heterocycles. The highest BCUT2D eigenvalue weighted by molar-refractivity contribution is 7.92. The molecule has 0 saturated carbocycles. The van der Waals surface area contributed by atoms with E-state index in [9.17, 15) is 8.42 Å². The van der Waals surface area contributed by atoms with Crippen LogP contribution in [0, 0.1) is 0 Å². The van der Waals surface area contributed by atoms with Crippen molar-refractivity contribution in [1.29, 1.82) is 0 Å². The van der Waals surface area contributed by atoms with E-state index in [1.54, 1.807) is 26.8 Å². The molecule has 0 bridgehead atoms.